The predicted octanol–water partition coefficient (Wildman–Crippen LogP) is 3.70. The molecule has 1 unspecified atom stereocenters. The minimum Gasteiger partial charge on any atom is -0.334 e. The third-order valence-electron chi connectivity index (χ3n) is 3.29. The van der Waals surface area contributed by atoms with Gasteiger partial charge in [0.2, 0.25) is 0 Å². The molecule has 1 aromatic rings. The van der Waals surface area contributed by atoms with E-state index in [1.54, 1.807) is 11.3 Å². The van der Waals surface area contributed by atoms with Crippen LogP contribution in [0.5, 0.6) is 0 Å². The number of rotatable bonds is 3. The maximum absolute atomic E-state index is 12.4. The number of thiophene rings is 1. The minimum atomic E-state index is 0.221. The number of alkyl halides is 1. The van der Waals surface area contributed by atoms with Gasteiger partial charge in [-0.25, -0.2) is 0 Å². The number of halogens is 1. The minimum absolute atomic E-state index is 0.221. The number of carbonyl (C=O) groups excluding carboxylic acids is 1. The molecule has 1 saturated heterocycles. The van der Waals surface area contributed by atoms with Gasteiger partial charge in [-0.2, -0.15) is 0 Å². The quantitative estimate of drug-likeness (QED) is 0.779. The van der Waals surface area contributed by atoms with Crippen molar-refractivity contribution in [3.05, 3.63) is 21.9 Å². The fourth-order valence-corrected chi connectivity index (χ4v) is 3.83. The molecule has 0 N–H and O–H groups in total. The summed E-state index contributed by atoms with van der Waals surface area (Å²) in [6, 6.07) is 4.43. The fraction of sp³-hybridized carbons (Fsp3) is 0.615. The van der Waals surface area contributed by atoms with Crippen molar-refractivity contribution < 1.29 is 4.79 Å². The van der Waals surface area contributed by atoms with Gasteiger partial charge >= 0.3 is 0 Å². The predicted molar refractivity (Wildman–Crippen MR) is 76.2 cm³/mol. The number of carbonyl (C=O) groups is 1. The number of aryl methyl sites for hydroxylation is 1. The molecule has 1 fully saturated rings. The summed E-state index contributed by atoms with van der Waals surface area (Å²) in [4.78, 5) is 16.6. The average molecular weight is 316 g/mol. The molecule has 4 heteroatoms. The molecular weight excluding hydrogens is 298 g/mol. The van der Waals surface area contributed by atoms with E-state index in [0.29, 0.717) is 6.04 Å². The number of likely N-dealkylation sites (tertiary alicyclic amines) is 1. The number of piperidine rings is 1. The fourth-order valence-electron chi connectivity index (χ4n) is 2.25. The average Bonchev–Trinajstić information content (AvgIpc) is 2.86. The maximum Gasteiger partial charge on any atom is 0.264 e. The number of amides is 1. The van der Waals surface area contributed by atoms with Gasteiger partial charge in [0.05, 0.1) is 4.88 Å². The zero-order valence-electron chi connectivity index (χ0n) is 10.1. The summed E-state index contributed by atoms with van der Waals surface area (Å²) in [6.07, 6.45) is 4.52. The van der Waals surface area contributed by atoms with Crippen molar-refractivity contribution in [3.8, 4) is 0 Å². The second-order valence-electron chi connectivity index (χ2n) is 4.42. The monoisotopic (exact) mass is 315 g/mol. The number of nitrogens with zero attached hydrogens (tertiary/aromatic N) is 1. The van der Waals surface area contributed by atoms with E-state index in [4.69, 9.17) is 0 Å². The van der Waals surface area contributed by atoms with Crippen molar-refractivity contribution >= 4 is 33.2 Å². The molecule has 2 heterocycles. The van der Waals surface area contributed by atoms with Crippen molar-refractivity contribution in [1.29, 1.82) is 0 Å². The lowest BCUT2D eigenvalue weighted by Gasteiger charge is -2.34. The molecule has 0 spiro atoms. The van der Waals surface area contributed by atoms with Crippen LogP contribution in [0.2, 0.25) is 0 Å². The summed E-state index contributed by atoms with van der Waals surface area (Å²) in [7, 11) is 0. The Labute approximate surface area is 115 Å². The van der Waals surface area contributed by atoms with Crippen molar-refractivity contribution in [2.24, 2.45) is 0 Å². The van der Waals surface area contributed by atoms with Gasteiger partial charge in [-0.05, 0) is 37.8 Å². The van der Waals surface area contributed by atoms with Gasteiger partial charge in [0.15, 0.2) is 0 Å². The number of hydrogen-bond acceptors (Lipinski definition) is 2. The van der Waals surface area contributed by atoms with E-state index in [-0.39, 0.29) is 5.91 Å². The van der Waals surface area contributed by atoms with Crippen molar-refractivity contribution in [2.75, 3.05) is 11.9 Å². The molecule has 0 aliphatic carbocycles. The van der Waals surface area contributed by atoms with E-state index >= 15 is 0 Å². The second-order valence-corrected chi connectivity index (χ2v) is 6.24. The smallest absolute Gasteiger partial charge is 0.264 e. The Bertz CT molecular complexity index is 391. The molecule has 0 bridgehead atoms. The highest BCUT2D eigenvalue weighted by molar-refractivity contribution is 9.09. The second kappa shape index (κ2) is 6.01. The van der Waals surface area contributed by atoms with Crippen molar-refractivity contribution in [1.82, 2.24) is 4.90 Å². The summed E-state index contributed by atoms with van der Waals surface area (Å²) < 4.78 is 0. The van der Waals surface area contributed by atoms with Crippen LogP contribution in [-0.2, 0) is 6.42 Å². The van der Waals surface area contributed by atoms with Crippen LogP contribution in [0.4, 0.5) is 0 Å². The number of hydrogen-bond donors (Lipinski definition) is 0. The molecule has 2 rings (SSSR count). The Kier molecular flexibility index (Phi) is 4.62. The van der Waals surface area contributed by atoms with Gasteiger partial charge in [-0.1, -0.05) is 22.9 Å². The molecule has 1 aliphatic rings. The summed E-state index contributed by atoms with van der Waals surface area (Å²) >= 11 is 5.16. The van der Waals surface area contributed by atoms with E-state index in [0.717, 1.165) is 36.0 Å². The lowest BCUT2D eigenvalue weighted by Crippen LogP contribution is -2.44. The standard InChI is InChI=1S/C13H18BrNOS/c1-2-11-6-7-12(17-11)13(16)15-8-4-3-5-10(15)9-14/h6-7,10H,2-5,8-9H2,1H3. The van der Waals surface area contributed by atoms with Gasteiger partial charge in [0.25, 0.3) is 5.91 Å². The molecule has 17 heavy (non-hydrogen) atoms. The van der Waals surface area contributed by atoms with Gasteiger partial charge in [-0.15, -0.1) is 11.3 Å². The first-order valence-corrected chi connectivity index (χ1v) is 8.15. The highest BCUT2D eigenvalue weighted by atomic mass is 79.9. The van der Waals surface area contributed by atoms with Crippen LogP contribution in [0, 0.1) is 0 Å². The first kappa shape index (κ1) is 13.1. The topological polar surface area (TPSA) is 20.3 Å². The first-order valence-electron chi connectivity index (χ1n) is 6.22. The zero-order valence-corrected chi connectivity index (χ0v) is 12.5. The highest BCUT2D eigenvalue weighted by Gasteiger charge is 2.27. The van der Waals surface area contributed by atoms with E-state index in [9.17, 15) is 4.79 Å². The van der Waals surface area contributed by atoms with Gasteiger partial charge in [-0.3, -0.25) is 4.79 Å². The van der Waals surface area contributed by atoms with Crippen LogP contribution in [0.1, 0.15) is 40.7 Å². The lowest BCUT2D eigenvalue weighted by molar-refractivity contribution is 0.0647. The third-order valence-corrected chi connectivity index (χ3v) is 5.25. The van der Waals surface area contributed by atoms with Gasteiger partial charge in [0.1, 0.15) is 0 Å². The van der Waals surface area contributed by atoms with Crippen LogP contribution >= 0.6 is 27.3 Å². The van der Waals surface area contributed by atoms with E-state index in [2.05, 4.69) is 28.9 Å². The van der Waals surface area contributed by atoms with Gasteiger partial charge < -0.3 is 4.90 Å². The molecule has 1 amide bonds. The Hall–Kier alpha value is -0.350. The Morgan fingerprint density at radius 3 is 3.00 bits per heavy atom. The van der Waals surface area contributed by atoms with E-state index < -0.39 is 0 Å². The molecule has 94 valence electrons. The van der Waals surface area contributed by atoms with Crippen LogP contribution in [-0.4, -0.2) is 28.7 Å². The Balaban J connectivity index is 2.12. The van der Waals surface area contributed by atoms with Gasteiger partial charge in [0, 0.05) is 22.8 Å². The Morgan fingerprint density at radius 1 is 1.53 bits per heavy atom. The van der Waals surface area contributed by atoms with Crippen LogP contribution in [0.3, 0.4) is 0 Å². The largest absolute Gasteiger partial charge is 0.334 e. The molecule has 0 aromatic carbocycles. The van der Waals surface area contributed by atoms with Crippen molar-refractivity contribution in [2.45, 2.75) is 38.6 Å². The third kappa shape index (κ3) is 2.91. The summed E-state index contributed by atoms with van der Waals surface area (Å²) in [5, 5.41) is 0.894. The van der Waals surface area contributed by atoms with Crippen LogP contribution in [0.25, 0.3) is 0 Å². The molecule has 1 aromatic heterocycles. The summed E-state index contributed by atoms with van der Waals surface area (Å²) in [5.74, 6) is 0.221. The first-order chi connectivity index (χ1) is 8.26. The molecule has 1 aliphatic heterocycles. The maximum atomic E-state index is 12.4. The Morgan fingerprint density at radius 2 is 2.35 bits per heavy atom. The lowest BCUT2D eigenvalue weighted by atomic mass is 10.0. The molecule has 0 radical (unpaired) electrons. The van der Waals surface area contributed by atoms with E-state index in [1.807, 2.05) is 11.0 Å². The van der Waals surface area contributed by atoms with E-state index in [1.165, 1.54) is 11.3 Å². The molecule has 0 saturated carbocycles. The summed E-state index contributed by atoms with van der Waals surface area (Å²) in [5.41, 5.74) is 0. The van der Waals surface area contributed by atoms with Crippen molar-refractivity contribution in [3.63, 3.8) is 0 Å². The molecular formula is C13H18BrNOS. The van der Waals surface area contributed by atoms with Crippen LogP contribution in [0.15, 0.2) is 12.1 Å². The molecule has 2 nitrogen and oxygen atoms in total. The normalized spacial score (nSPS) is 20.6. The zero-order chi connectivity index (χ0) is 12.3. The summed E-state index contributed by atoms with van der Waals surface area (Å²) in [6.45, 7) is 3.04. The highest BCUT2D eigenvalue weighted by Crippen LogP contribution is 2.24. The molecule has 1 atom stereocenters. The van der Waals surface area contributed by atoms with Crippen LogP contribution < -0.4 is 0 Å². The SMILES string of the molecule is CCc1ccc(C(=O)N2CCCCC2CBr)s1.